The molecule has 328 valence electrons. The van der Waals surface area contributed by atoms with E-state index in [1.54, 1.807) is 6.26 Å². The lowest BCUT2D eigenvalue weighted by atomic mass is 10.0. The molecule has 0 rings (SSSR count). The van der Waals surface area contributed by atoms with Crippen molar-refractivity contribution in [2.45, 2.75) is 245 Å². The van der Waals surface area contributed by atoms with Crippen LogP contribution in [-0.4, -0.2) is 77.9 Å². The van der Waals surface area contributed by atoms with Crippen molar-refractivity contribution in [3.05, 3.63) is 0 Å². The van der Waals surface area contributed by atoms with E-state index in [0.717, 1.165) is 84.0 Å². The standard InChI is InChI=1S/C47H94N2O5S/c1-6-9-12-15-18-27-34-44-53-46(50)38-30-23-19-25-32-41-49(43-35-40-48(4)55(5)52)42-33-26-20-24-31-39-47(51)54-45(36-28-21-16-13-10-7-2)37-29-22-17-14-11-8-3/h45H,6-44H2,1-5H3. The van der Waals surface area contributed by atoms with E-state index in [0.29, 0.717) is 19.4 Å². The van der Waals surface area contributed by atoms with Gasteiger partial charge in [-0.3, -0.25) is 9.59 Å². The van der Waals surface area contributed by atoms with Crippen LogP contribution >= 0.6 is 0 Å². The van der Waals surface area contributed by atoms with Gasteiger partial charge in [-0.25, -0.2) is 0 Å². The number of nitrogens with zero attached hydrogens (tertiary/aromatic N) is 2. The Kier molecular flexibility index (Phi) is 42.1. The second-order valence-corrected chi connectivity index (χ2v) is 18.0. The van der Waals surface area contributed by atoms with Crippen LogP contribution in [0.15, 0.2) is 0 Å². The molecule has 0 aromatic rings. The second kappa shape index (κ2) is 42.8. The van der Waals surface area contributed by atoms with E-state index in [-0.39, 0.29) is 18.0 Å². The Balaban J connectivity index is 4.31. The number of carbonyl (C=O) groups excluding carboxylic acids is 2. The van der Waals surface area contributed by atoms with E-state index in [2.05, 4.69) is 25.7 Å². The third-order valence-electron chi connectivity index (χ3n) is 11.2. The van der Waals surface area contributed by atoms with E-state index < -0.39 is 11.4 Å². The summed E-state index contributed by atoms with van der Waals surface area (Å²) in [5.74, 6) is -0.00818. The maximum absolute atomic E-state index is 12.8. The van der Waals surface area contributed by atoms with Crippen LogP contribution in [0.2, 0.25) is 0 Å². The molecular weight excluding hydrogens is 705 g/mol. The number of carbonyl (C=O) groups is 2. The number of hydrogen-bond acceptors (Lipinski definition) is 7. The number of rotatable bonds is 44. The zero-order valence-electron chi connectivity index (χ0n) is 37.5. The molecule has 0 heterocycles. The number of esters is 2. The van der Waals surface area contributed by atoms with E-state index >= 15 is 0 Å². The Labute approximate surface area is 346 Å². The van der Waals surface area contributed by atoms with Gasteiger partial charge < -0.3 is 18.9 Å². The quantitative estimate of drug-likeness (QED) is 0.0345. The average molecular weight is 799 g/mol. The molecule has 0 aliphatic heterocycles. The molecule has 0 aromatic carbocycles. The molecular formula is C47H94N2O5S. The average Bonchev–Trinajstić information content (AvgIpc) is 3.17. The van der Waals surface area contributed by atoms with Crippen LogP contribution in [0.25, 0.3) is 0 Å². The summed E-state index contributed by atoms with van der Waals surface area (Å²) in [5.41, 5.74) is 0. The van der Waals surface area contributed by atoms with Crippen LogP contribution in [-0.2, 0) is 30.4 Å². The van der Waals surface area contributed by atoms with Gasteiger partial charge in [0.2, 0.25) is 0 Å². The smallest absolute Gasteiger partial charge is 0.306 e. The fraction of sp³-hybridized carbons (Fsp3) is 0.957. The molecule has 0 amide bonds. The summed E-state index contributed by atoms with van der Waals surface area (Å²) in [6.07, 6.45) is 41.2. The Bertz CT molecular complexity index is 800. The second-order valence-electron chi connectivity index (χ2n) is 16.6. The highest BCUT2D eigenvalue weighted by atomic mass is 32.2. The third kappa shape index (κ3) is 39.8. The molecule has 0 aromatic heterocycles. The van der Waals surface area contributed by atoms with Crippen molar-refractivity contribution in [3.63, 3.8) is 0 Å². The monoisotopic (exact) mass is 799 g/mol. The first-order valence-corrected chi connectivity index (χ1v) is 25.5. The van der Waals surface area contributed by atoms with Gasteiger partial charge in [-0.1, -0.05) is 162 Å². The van der Waals surface area contributed by atoms with Crippen molar-refractivity contribution in [3.8, 4) is 0 Å². The number of ether oxygens (including phenoxy) is 2. The van der Waals surface area contributed by atoms with E-state index in [1.165, 1.54) is 148 Å². The highest BCUT2D eigenvalue weighted by Gasteiger charge is 2.15. The summed E-state index contributed by atoms with van der Waals surface area (Å²) in [7, 11) is 1.94. The number of unbranched alkanes of at least 4 members (excludes halogenated alkanes) is 24. The van der Waals surface area contributed by atoms with Gasteiger partial charge in [0, 0.05) is 37.8 Å². The summed E-state index contributed by atoms with van der Waals surface area (Å²) >= 11 is -0.919. The van der Waals surface area contributed by atoms with Gasteiger partial charge in [0.15, 0.2) is 0 Å². The summed E-state index contributed by atoms with van der Waals surface area (Å²) in [6.45, 7) is 11.4. The third-order valence-corrected chi connectivity index (χ3v) is 12.2. The summed E-state index contributed by atoms with van der Waals surface area (Å²) < 4.78 is 25.2. The fourth-order valence-corrected chi connectivity index (χ4v) is 7.77. The first kappa shape index (κ1) is 54.2. The zero-order chi connectivity index (χ0) is 40.5. The van der Waals surface area contributed by atoms with Crippen LogP contribution in [0, 0.1) is 0 Å². The fourth-order valence-electron chi connectivity index (χ4n) is 7.38. The lowest BCUT2D eigenvalue weighted by Crippen LogP contribution is -2.32. The molecule has 0 saturated carbocycles. The Hall–Kier alpha value is -0.830. The van der Waals surface area contributed by atoms with Crippen LogP contribution in [0.1, 0.15) is 239 Å². The van der Waals surface area contributed by atoms with Gasteiger partial charge in [0.05, 0.1) is 6.61 Å². The topological polar surface area (TPSA) is 82.1 Å². The molecule has 0 aliphatic rings. The van der Waals surface area contributed by atoms with Gasteiger partial charge in [-0.2, -0.15) is 0 Å². The van der Waals surface area contributed by atoms with Crippen LogP contribution in [0.4, 0.5) is 0 Å². The van der Waals surface area contributed by atoms with Gasteiger partial charge in [0.1, 0.15) is 12.4 Å². The van der Waals surface area contributed by atoms with Crippen molar-refractivity contribution in [1.29, 1.82) is 0 Å². The molecule has 0 N–H and O–H groups in total. The molecule has 0 radical (unpaired) electrons. The number of hydrogen-bond donors (Lipinski definition) is 0. The minimum absolute atomic E-state index is 0.0184. The molecule has 7 nitrogen and oxygen atoms in total. The Morgan fingerprint density at radius 3 is 1.35 bits per heavy atom. The van der Waals surface area contributed by atoms with Crippen LogP contribution in [0.5, 0.6) is 0 Å². The zero-order valence-corrected chi connectivity index (χ0v) is 38.3. The SMILES string of the molecule is CCCCCCCCCOC(=O)CCCCCCCN(CCCCCCCC(=O)OC(CCCCCCCC)CCCCCCCC)CCCN(C)[S+](C)[O-]. The molecule has 0 aliphatic carbocycles. The highest BCUT2D eigenvalue weighted by Crippen LogP contribution is 2.19. The molecule has 1 atom stereocenters. The van der Waals surface area contributed by atoms with Crippen molar-refractivity contribution >= 4 is 23.3 Å². The normalized spacial score (nSPS) is 12.3. The lowest BCUT2D eigenvalue weighted by molar-refractivity contribution is -0.150. The summed E-state index contributed by atoms with van der Waals surface area (Å²) in [5, 5.41) is 0. The first-order chi connectivity index (χ1) is 26.8. The lowest BCUT2D eigenvalue weighted by Gasteiger charge is -2.24. The summed E-state index contributed by atoms with van der Waals surface area (Å²) in [4.78, 5) is 27.5. The van der Waals surface area contributed by atoms with Crippen LogP contribution < -0.4 is 0 Å². The van der Waals surface area contributed by atoms with Gasteiger partial charge in [0.25, 0.3) is 0 Å². The molecule has 55 heavy (non-hydrogen) atoms. The largest absolute Gasteiger partial charge is 0.598 e. The van der Waals surface area contributed by atoms with Gasteiger partial charge >= 0.3 is 11.9 Å². The molecule has 0 fully saturated rings. The van der Waals surface area contributed by atoms with Crippen molar-refractivity contribution < 1.29 is 23.6 Å². The van der Waals surface area contributed by atoms with E-state index in [4.69, 9.17) is 9.47 Å². The molecule has 8 heteroatoms. The highest BCUT2D eigenvalue weighted by molar-refractivity contribution is 7.88. The van der Waals surface area contributed by atoms with Gasteiger partial charge in [-0.15, -0.1) is 4.31 Å². The molecule has 1 unspecified atom stereocenters. The van der Waals surface area contributed by atoms with Crippen molar-refractivity contribution in [2.75, 3.05) is 46.1 Å². The van der Waals surface area contributed by atoms with E-state index in [1.807, 2.05) is 11.4 Å². The maximum atomic E-state index is 12.8. The Morgan fingerprint density at radius 2 is 0.873 bits per heavy atom. The predicted octanol–water partition coefficient (Wildman–Crippen LogP) is 13.3. The van der Waals surface area contributed by atoms with E-state index in [9.17, 15) is 14.1 Å². The Morgan fingerprint density at radius 1 is 0.491 bits per heavy atom. The minimum Gasteiger partial charge on any atom is -0.598 e. The molecule has 0 bridgehead atoms. The predicted molar refractivity (Wildman–Crippen MR) is 238 cm³/mol. The first-order valence-electron chi connectivity index (χ1n) is 24.0. The van der Waals surface area contributed by atoms with Crippen molar-refractivity contribution in [2.24, 2.45) is 0 Å². The molecule has 0 spiro atoms. The van der Waals surface area contributed by atoms with Crippen molar-refractivity contribution in [1.82, 2.24) is 9.21 Å². The summed E-state index contributed by atoms with van der Waals surface area (Å²) in [6, 6.07) is 0. The molecule has 0 saturated heterocycles. The van der Waals surface area contributed by atoms with Gasteiger partial charge in [-0.05, 0) is 83.8 Å². The van der Waals surface area contributed by atoms with Crippen LogP contribution in [0.3, 0.4) is 0 Å². The minimum atomic E-state index is -0.919. The maximum Gasteiger partial charge on any atom is 0.306 e.